The highest BCUT2D eigenvalue weighted by Crippen LogP contribution is 2.26. The zero-order valence-corrected chi connectivity index (χ0v) is 12.6. The number of anilines is 1. The van der Waals surface area contributed by atoms with Gasteiger partial charge < -0.3 is 19.9 Å². The monoisotopic (exact) mass is 301 g/mol. The standard InChI is InChI=1S/C17H19NO4/c1-12-7-8-13(14(19)11-12)18-17(20)9-10-22-16-6-4-3-5-15(16)21-2/h3-8,11,19H,9-10H2,1-2H3,(H,18,20). The Bertz CT molecular complexity index is 655. The molecule has 2 N–H and O–H groups in total. The van der Waals surface area contributed by atoms with Gasteiger partial charge >= 0.3 is 0 Å². The van der Waals surface area contributed by atoms with Gasteiger partial charge in [0, 0.05) is 0 Å². The van der Waals surface area contributed by atoms with Crippen molar-refractivity contribution in [3.05, 3.63) is 48.0 Å². The van der Waals surface area contributed by atoms with Gasteiger partial charge in [-0.05, 0) is 36.8 Å². The summed E-state index contributed by atoms with van der Waals surface area (Å²) in [5.41, 5.74) is 1.32. The Morgan fingerprint density at radius 2 is 1.91 bits per heavy atom. The van der Waals surface area contributed by atoms with Crippen molar-refractivity contribution in [1.82, 2.24) is 0 Å². The second-order valence-corrected chi connectivity index (χ2v) is 4.82. The van der Waals surface area contributed by atoms with E-state index >= 15 is 0 Å². The lowest BCUT2D eigenvalue weighted by molar-refractivity contribution is -0.116. The maximum Gasteiger partial charge on any atom is 0.227 e. The molecule has 0 saturated heterocycles. The fraction of sp³-hybridized carbons (Fsp3) is 0.235. The molecule has 2 aromatic carbocycles. The van der Waals surface area contributed by atoms with Crippen LogP contribution in [0, 0.1) is 6.92 Å². The smallest absolute Gasteiger partial charge is 0.227 e. The number of methoxy groups -OCH3 is 1. The highest BCUT2D eigenvalue weighted by molar-refractivity contribution is 5.92. The Hall–Kier alpha value is -2.69. The van der Waals surface area contributed by atoms with Gasteiger partial charge in [0.2, 0.25) is 5.91 Å². The third-order valence-corrected chi connectivity index (χ3v) is 3.08. The zero-order chi connectivity index (χ0) is 15.9. The van der Waals surface area contributed by atoms with Crippen molar-refractivity contribution in [1.29, 1.82) is 0 Å². The van der Waals surface area contributed by atoms with E-state index in [9.17, 15) is 9.90 Å². The molecule has 1 amide bonds. The van der Waals surface area contributed by atoms with Crippen LogP contribution in [-0.2, 0) is 4.79 Å². The molecular formula is C17H19NO4. The van der Waals surface area contributed by atoms with Crippen molar-refractivity contribution < 1.29 is 19.4 Å². The first-order valence-electron chi connectivity index (χ1n) is 6.95. The van der Waals surface area contributed by atoms with E-state index in [1.807, 2.05) is 25.1 Å². The van der Waals surface area contributed by atoms with Crippen LogP contribution < -0.4 is 14.8 Å². The molecule has 22 heavy (non-hydrogen) atoms. The number of para-hydroxylation sites is 2. The van der Waals surface area contributed by atoms with Crippen molar-refractivity contribution in [2.45, 2.75) is 13.3 Å². The van der Waals surface area contributed by atoms with Crippen LogP contribution in [0.1, 0.15) is 12.0 Å². The number of nitrogens with one attached hydrogen (secondary N) is 1. The van der Waals surface area contributed by atoms with Gasteiger partial charge in [-0.25, -0.2) is 0 Å². The molecule has 0 atom stereocenters. The number of carbonyl (C=O) groups excluding carboxylic acids is 1. The number of phenols is 1. The van der Waals surface area contributed by atoms with Crippen molar-refractivity contribution >= 4 is 11.6 Å². The summed E-state index contributed by atoms with van der Waals surface area (Å²) in [7, 11) is 1.56. The molecule has 2 aromatic rings. The summed E-state index contributed by atoms with van der Waals surface area (Å²) < 4.78 is 10.7. The fourth-order valence-corrected chi connectivity index (χ4v) is 1.95. The van der Waals surface area contributed by atoms with E-state index < -0.39 is 0 Å². The second kappa shape index (κ2) is 7.36. The van der Waals surface area contributed by atoms with E-state index in [2.05, 4.69) is 5.32 Å². The predicted molar refractivity (Wildman–Crippen MR) is 84.6 cm³/mol. The zero-order valence-electron chi connectivity index (χ0n) is 12.6. The summed E-state index contributed by atoms with van der Waals surface area (Å²) in [5.74, 6) is 1.04. The number of rotatable bonds is 6. The van der Waals surface area contributed by atoms with Crippen LogP contribution in [-0.4, -0.2) is 24.7 Å². The molecule has 2 rings (SSSR count). The lowest BCUT2D eigenvalue weighted by Crippen LogP contribution is -2.15. The first-order chi connectivity index (χ1) is 10.6. The highest BCUT2D eigenvalue weighted by atomic mass is 16.5. The Morgan fingerprint density at radius 3 is 2.59 bits per heavy atom. The molecule has 116 valence electrons. The Morgan fingerprint density at radius 1 is 1.18 bits per heavy atom. The van der Waals surface area contributed by atoms with E-state index in [1.165, 1.54) is 0 Å². The summed E-state index contributed by atoms with van der Waals surface area (Å²) in [4.78, 5) is 11.9. The van der Waals surface area contributed by atoms with Crippen molar-refractivity contribution in [2.75, 3.05) is 19.0 Å². The molecule has 0 saturated carbocycles. The number of ether oxygens (including phenoxy) is 2. The molecule has 5 nitrogen and oxygen atoms in total. The molecular weight excluding hydrogens is 282 g/mol. The molecule has 0 aromatic heterocycles. The van der Waals surface area contributed by atoms with E-state index in [4.69, 9.17) is 9.47 Å². The van der Waals surface area contributed by atoms with Crippen LogP contribution in [0.3, 0.4) is 0 Å². The number of hydrogen-bond acceptors (Lipinski definition) is 4. The van der Waals surface area contributed by atoms with Crippen LogP contribution in [0.15, 0.2) is 42.5 Å². The van der Waals surface area contributed by atoms with Gasteiger partial charge in [0.25, 0.3) is 0 Å². The molecule has 0 unspecified atom stereocenters. The minimum atomic E-state index is -0.228. The van der Waals surface area contributed by atoms with Crippen LogP contribution >= 0.6 is 0 Å². The van der Waals surface area contributed by atoms with Crippen LogP contribution in [0.2, 0.25) is 0 Å². The van der Waals surface area contributed by atoms with Crippen LogP contribution in [0.5, 0.6) is 17.2 Å². The summed E-state index contributed by atoms with van der Waals surface area (Å²) in [6.45, 7) is 2.09. The van der Waals surface area contributed by atoms with Gasteiger partial charge in [-0.15, -0.1) is 0 Å². The molecule has 0 aliphatic carbocycles. The largest absolute Gasteiger partial charge is 0.506 e. The number of benzene rings is 2. The lowest BCUT2D eigenvalue weighted by atomic mass is 10.2. The SMILES string of the molecule is COc1ccccc1OCCC(=O)Nc1ccc(C)cc1O. The number of hydrogen-bond donors (Lipinski definition) is 2. The minimum absolute atomic E-state index is 0.0546. The van der Waals surface area contributed by atoms with Crippen LogP contribution in [0.25, 0.3) is 0 Å². The van der Waals surface area contributed by atoms with E-state index in [-0.39, 0.29) is 24.7 Å². The molecule has 0 spiro atoms. The van der Waals surface area contributed by atoms with Gasteiger partial charge in [-0.2, -0.15) is 0 Å². The van der Waals surface area contributed by atoms with Gasteiger partial charge in [0.1, 0.15) is 5.75 Å². The quantitative estimate of drug-likeness (QED) is 0.804. The summed E-state index contributed by atoms with van der Waals surface area (Å²) in [6.07, 6.45) is 0.172. The molecule has 0 radical (unpaired) electrons. The first-order valence-corrected chi connectivity index (χ1v) is 6.95. The average Bonchev–Trinajstić information content (AvgIpc) is 2.50. The fourth-order valence-electron chi connectivity index (χ4n) is 1.95. The third kappa shape index (κ3) is 4.15. The number of amides is 1. The van der Waals surface area contributed by atoms with Crippen molar-refractivity contribution in [2.24, 2.45) is 0 Å². The Kier molecular flexibility index (Phi) is 5.25. The summed E-state index contributed by atoms with van der Waals surface area (Å²) >= 11 is 0. The van der Waals surface area contributed by atoms with E-state index in [0.717, 1.165) is 5.56 Å². The molecule has 0 aliphatic rings. The molecule has 0 aliphatic heterocycles. The lowest BCUT2D eigenvalue weighted by Gasteiger charge is -2.11. The van der Waals surface area contributed by atoms with Gasteiger partial charge in [-0.3, -0.25) is 4.79 Å². The normalized spacial score (nSPS) is 10.1. The number of aryl methyl sites for hydroxylation is 1. The third-order valence-electron chi connectivity index (χ3n) is 3.08. The Labute approximate surface area is 129 Å². The maximum atomic E-state index is 11.9. The number of carbonyl (C=O) groups is 1. The van der Waals surface area contributed by atoms with Gasteiger partial charge in [0.05, 0.1) is 25.8 Å². The maximum absolute atomic E-state index is 11.9. The van der Waals surface area contributed by atoms with Gasteiger partial charge in [-0.1, -0.05) is 18.2 Å². The van der Waals surface area contributed by atoms with E-state index in [1.54, 1.807) is 31.4 Å². The molecule has 5 heteroatoms. The van der Waals surface area contributed by atoms with Gasteiger partial charge in [0.15, 0.2) is 11.5 Å². The number of aromatic hydroxyl groups is 1. The molecule has 0 heterocycles. The first kappa shape index (κ1) is 15.7. The summed E-state index contributed by atoms with van der Waals surface area (Å²) in [6, 6.07) is 12.3. The van der Waals surface area contributed by atoms with Crippen molar-refractivity contribution in [3.63, 3.8) is 0 Å². The topological polar surface area (TPSA) is 67.8 Å². The van der Waals surface area contributed by atoms with Crippen LogP contribution in [0.4, 0.5) is 5.69 Å². The second-order valence-electron chi connectivity index (χ2n) is 4.82. The number of phenolic OH excluding ortho intramolecular Hbond substituents is 1. The van der Waals surface area contributed by atoms with E-state index in [0.29, 0.717) is 17.2 Å². The minimum Gasteiger partial charge on any atom is -0.506 e. The Balaban J connectivity index is 1.85. The molecule has 0 bridgehead atoms. The summed E-state index contributed by atoms with van der Waals surface area (Å²) in [5, 5.41) is 12.4. The average molecular weight is 301 g/mol. The molecule has 0 fully saturated rings. The van der Waals surface area contributed by atoms with Crippen molar-refractivity contribution in [3.8, 4) is 17.2 Å². The highest BCUT2D eigenvalue weighted by Gasteiger charge is 2.08. The predicted octanol–water partition coefficient (Wildman–Crippen LogP) is 3.12.